The molecule has 1 atom stereocenters. The fourth-order valence-corrected chi connectivity index (χ4v) is 5.72. The molecule has 2 aliphatic heterocycles. The minimum Gasteiger partial charge on any atom is -0.408 e. The molecule has 1 aromatic carbocycles. The highest BCUT2D eigenvalue weighted by Gasteiger charge is 2.32. The van der Waals surface area contributed by atoms with E-state index in [4.69, 9.17) is 10.2 Å². The molecule has 8 nitrogen and oxygen atoms in total. The van der Waals surface area contributed by atoms with Gasteiger partial charge in [0.05, 0.1) is 5.52 Å². The summed E-state index contributed by atoms with van der Waals surface area (Å²) in [6.07, 6.45) is 7.54. The van der Waals surface area contributed by atoms with Crippen LogP contribution in [0.15, 0.2) is 27.4 Å². The van der Waals surface area contributed by atoms with Crippen LogP contribution in [-0.4, -0.2) is 47.0 Å². The molecule has 3 heterocycles. The van der Waals surface area contributed by atoms with Crippen LogP contribution in [0.5, 0.6) is 0 Å². The Balaban J connectivity index is 1.26. The quantitative estimate of drug-likeness (QED) is 0.706. The molecule has 3 fully saturated rings. The van der Waals surface area contributed by atoms with Gasteiger partial charge >= 0.3 is 5.76 Å². The van der Waals surface area contributed by atoms with Gasteiger partial charge in [-0.3, -0.25) is 19.5 Å². The van der Waals surface area contributed by atoms with Crippen molar-refractivity contribution in [3.63, 3.8) is 0 Å². The molecule has 1 saturated carbocycles. The number of rotatable bonds is 4. The van der Waals surface area contributed by atoms with Crippen LogP contribution in [0.25, 0.3) is 11.1 Å². The number of carbonyl (C=O) groups is 2. The van der Waals surface area contributed by atoms with E-state index in [-0.39, 0.29) is 12.3 Å². The van der Waals surface area contributed by atoms with E-state index < -0.39 is 17.7 Å². The van der Waals surface area contributed by atoms with Crippen molar-refractivity contribution in [3.05, 3.63) is 34.3 Å². The molecule has 0 bridgehead atoms. The molecule has 3 aliphatic rings. The number of hydrogen-bond acceptors (Lipinski definition) is 6. The van der Waals surface area contributed by atoms with Crippen molar-refractivity contribution in [1.29, 1.82) is 0 Å². The van der Waals surface area contributed by atoms with Gasteiger partial charge in [-0.05, 0) is 87.6 Å². The Morgan fingerprint density at radius 3 is 2.47 bits per heavy atom. The van der Waals surface area contributed by atoms with Gasteiger partial charge in [0, 0.05) is 19.0 Å². The summed E-state index contributed by atoms with van der Waals surface area (Å²) in [5.74, 6) is -0.0624. The number of likely N-dealkylation sites (tertiary alicyclic amines) is 1. The lowest BCUT2D eigenvalue weighted by atomic mass is 9.84. The van der Waals surface area contributed by atoms with Crippen LogP contribution >= 0.6 is 0 Å². The summed E-state index contributed by atoms with van der Waals surface area (Å²) in [6, 6.07) is 5.60. The number of piperidine rings is 2. The van der Waals surface area contributed by atoms with Crippen LogP contribution in [0.3, 0.4) is 0 Å². The molecule has 8 heteroatoms. The largest absolute Gasteiger partial charge is 0.420 e. The van der Waals surface area contributed by atoms with E-state index in [9.17, 15) is 14.4 Å². The molecule has 3 N–H and O–H groups in total. The van der Waals surface area contributed by atoms with Gasteiger partial charge in [-0.2, -0.15) is 0 Å². The molecule has 2 saturated heterocycles. The van der Waals surface area contributed by atoms with Gasteiger partial charge in [0.1, 0.15) is 6.04 Å². The second-order valence-electron chi connectivity index (χ2n) is 9.79. The van der Waals surface area contributed by atoms with E-state index in [0.717, 1.165) is 44.7 Å². The summed E-state index contributed by atoms with van der Waals surface area (Å²) in [6.45, 7) is 3.36. The number of nitrogens with two attached hydrogens (primary N) is 1. The molecule has 1 aromatic heterocycles. The van der Waals surface area contributed by atoms with Crippen LogP contribution in [0.2, 0.25) is 0 Å². The molecular formula is C24H32N4O4. The number of hydrogen-bond donors (Lipinski definition) is 2. The second kappa shape index (κ2) is 8.83. The molecule has 2 aromatic rings. The Kier molecular flexibility index (Phi) is 5.90. The SMILES string of the molecule is N[C@H]1CC[C@H](CN2CCC(c3ccc4c(c3)oc(=O)n4C3CCC(=O)NC3=O)CC2)CC1. The van der Waals surface area contributed by atoms with Gasteiger partial charge in [-0.15, -0.1) is 0 Å². The maximum atomic E-state index is 12.5. The summed E-state index contributed by atoms with van der Waals surface area (Å²) in [5.41, 5.74) is 8.35. The first-order valence-electron chi connectivity index (χ1n) is 11.9. The predicted octanol–water partition coefficient (Wildman–Crippen LogP) is 2.27. The molecule has 32 heavy (non-hydrogen) atoms. The number of benzene rings is 1. The van der Waals surface area contributed by atoms with Crippen molar-refractivity contribution in [1.82, 2.24) is 14.8 Å². The maximum Gasteiger partial charge on any atom is 0.420 e. The first-order chi connectivity index (χ1) is 15.5. The summed E-state index contributed by atoms with van der Waals surface area (Å²) < 4.78 is 6.90. The van der Waals surface area contributed by atoms with Crippen molar-refractivity contribution in [3.8, 4) is 0 Å². The Morgan fingerprint density at radius 1 is 1.00 bits per heavy atom. The fourth-order valence-electron chi connectivity index (χ4n) is 5.72. The lowest BCUT2D eigenvalue weighted by Gasteiger charge is -2.36. The molecule has 2 amide bonds. The molecule has 1 unspecified atom stereocenters. The number of aromatic nitrogens is 1. The third kappa shape index (κ3) is 4.26. The molecule has 0 radical (unpaired) electrons. The third-order valence-electron chi connectivity index (χ3n) is 7.63. The Hall–Kier alpha value is -2.45. The average molecular weight is 441 g/mol. The molecule has 5 rings (SSSR count). The van der Waals surface area contributed by atoms with Crippen LogP contribution in [0, 0.1) is 5.92 Å². The minimum absolute atomic E-state index is 0.222. The van der Waals surface area contributed by atoms with E-state index in [1.165, 1.54) is 29.5 Å². The smallest absolute Gasteiger partial charge is 0.408 e. The van der Waals surface area contributed by atoms with Gasteiger partial charge in [0.25, 0.3) is 0 Å². The third-order valence-corrected chi connectivity index (χ3v) is 7.63. The summed E-state index contributed by atoms with van der Waals surface area (Å²) >= 11 is 0. The van der Waals surface area contributed by atoms with E-state index in [1.807, 2.05) is 12.1 Å². The zero-order chi connectivity index (χ0) is 22.2. The monoisotopic (exact) mass is 440 g/mol. The second-order valence-corrected chi connectivity index (χ2v) is 9.79. The van der Waals surface area contributed by atoms with E-state index in [2.05, 4.69) is 16.3 Å². The zero-order valence-electron chi connectivity index (χ0n) is 18.4. The Labute approximate surface area is 187 Å². The predicted molar refractivity (Wildman–Crippen MR) is 120 cm³/mol. The lowest BCUT2D eigenvalue weighted by molar-refractivity contribution is -0.135. The summed E-state index contributed by atoms with van der Waals surface area (Å²) in [4.78, 5) is 38.8. The molecule has 172 valence electrons. The number of imide groups is 1. The van der Waals surface area contributed by atoms with Crippen molar-refractivity contribution >= 4 is 22.9 Å². The number of oxazole rings is 1. The zero-order valence-corrected chi connectivity index (χ0v) is 18.4. The van der Waals surface area contributed by atoms with Gasteiger partial charge < -0.3 is 15.1 Å². The summed E-state index contributed by atoms with van der Waals surface area (Å²) in [5, 5.41) is 2.32. The number of fused-ring (bicyclic) bond motifs is 1. The highest BCUT2D eigenvalue weighted by Crippen LogP contribution is 2.32. The minimum atomic E-state index is -0.704. The van der Waals surface area contributed by atoms with Crippen LogP contribution in [0.4, 0.5) is 0 Å². The van der Waals surface area contributed by atoms with Gasteiger partial charge in [-0.25, -0.2) is 4.79 Å². The first-order valence-corrected chi connectivity index (χ1v) is 11.9. The van der Waals surface area contributed by atoms with Crippen molar-refractivity contribution in [2.45, 2.75) is 69.4 Å². The number of nitrogens with zero attached hydrogens (tertiary/aromatic N) is 2. The lowest BCUT2D eigenvalue weighted by Crippen LogP contribution is -2.43. The Bertz CT molecular complexity index is 1060. The first kappa shape index (κ1) is 21.4. The highest BCUT2D eigenvalue weighted by atomic mass is 16.4. The normalized spacial score (nSPS) is 28.2. The number of carbonyl (C=O) groups excluding carboxylic acids is 2. The topological polar surface area (TPSA) is 111 Å². The maximum absolute atomic E-state index is 12.5. The molecule has 0 spiro atoms. The van der Waals surface area contributed by atoms with E-state index >= 15 is 0 Å². The van der Waals surface area contributed by atoms with Gasteiger partial charge in [-0.1, -0.05) is 6.07 Å². The van der Waals surface area contributed by atoms with E-state index in [0.29, 0.717) is 29.5 Å². The number of nitrogens with one attached hydrogen (secondary N) is 1. The fraction of sp³-hybridized carbons (Fsp3) is 0.625. The molecular weight excluding hydrogens is 408 g/mol. The van der Waals surface area contributed by atoms with Crippen LogP contribution in [-0.2, 0) is 9.59 Å². The Morgan fingerprint density at radius 2 is 1.75 bits per heavy atom. The standard InChI is InChI=1S/C24H32N4O4/c25-18-4-1-15(2-5-18)14-27-11-9-16(10-12-27)17-3-6-19-21(13-17)32-24(31)28(19)20-7-8-22(29)26-23(20)30/h3,6,13,15-16,18,20H,1-2,4-5,7-12,14,25H2,(H,26,29,30)/t15-,18-,20?. The van der Waals surface area contributed by atoms with Gasteiger partial charge in [0.2, 0.25) is 11.8 Å². The van der Waals surface area contributed by atoms with Gasteiger partial charge in [0.15, 0.2) is 5.58 Å². The van der Waals surface area contributed by atoms with Crippen LogP contribution in [0.1, 0.15) is 68.9 Å². The van der Waals surface area contributed by atoms with Crippen molar-refractivity contribution in [2.75, 3.05) is 19.6 Å². The van der Waals surface area contributed by atoms with E-state index in [1.54, 1.807) is 0 Å². The number of amides is 2. The van der Waals surface area contributed by atoms with Crippen LogP contribution < -0.4 is 16.8 Å². The highest BCUT2D eigenvalue weighted by molar-refractivity contribution is 6.00. The average Bonchev–Trinajstić information content (AvgIpc) is 3.11. The summed E-state index contributed by atoms with van der Waals surface area (Å²) in [7, 11) is 0. The molecule has 1 aliphatic carbocycles. The van der Waals surface area contributed by atoms with Crippen molar-refractivity contribution < 1.29 is 14.0 Å². The van der Waals surface area contributed by atoms with Crippen molar-refractivity contribution in [2.24, 2.45) is 11.7 Å².